The molecule has 0 N–H and O–H groups in total. The Labute approximate surface area is 80.2 Å². The maximum Gasteiger partial charge on any atom is 0.120 e. The van der Waals surface area contributed by atoms with Gasteiger partial charge in [-0.3, -0.25) is 0 Å². The molecule has 0 amide bonds. The van der Waals surface area contributed by atoms with Gasteiger partial charge in [-0.1, -0.05) is 12.1 Å². The Morgan fingerprint density at radius 2 is 2.38 bits per heavy atom. The fraction of sp³-hybridized carbons (Fsp3) is 0.200. The van der Waals surface area contributed by atoms with Crippen LogP contribution in [0.1, 0.15) is 12.0 Å². The van der Waals surface area contributed by atoms with Crippen LogP contribution in [0.3, 0.4) is 0 Å². The van der Waals surface area contributed by atoms with Gasteiger partial charge in [0.1, 0.15) is 6.29 Å². The summed E-state index contributed by atoms with van der Waals surface area (Å²) in [6.07, 6.45) is 2.33. The Bertz CT molecular complexity index is 422. The first-order valence-electron chi connectivity index (χ1n) is 4.16. The Balaban J connectivity index is 2.42. The molecule has 1 heterocycles. The van der Waals surface area contributed by atoms with Crippen LogP contribution in [-0.2, 0) is 11.2 Å². The number of fused-ring (bicyclic) bond motifs is 1. The first-order valence-corrected chi connectivity index (χ1v) is 5.04. The van der Waals surface area contributed by atoms with E-state index in [1.165, 1.54) is 10.3 Å². The van der Waals surface area contributed by atoms with E-state index < -0.39 is 0 Å². The fourth-order valence-electron chi connectivity index (χ4n) is 1.36. The summed E-state index contributed by atoms with van der Waals surface area (Å²) in [6.45, 7) is 0. The Morgan fingerprint density at radius 3 is 3.23 bits per heavy atom. The zero-order valence-electron chi connectivity index (χ0n) is 7.06. The van der Waals surface area contributed by atoms with Crippen molar-refractivity contribution in [2.24, 2.45) is 0 Å². The van der Waals surface area contributed by atoms with Gasteiger partial charge in [0.05, 0.1) is 15.7 Å². The molecule has 66 valence electrons. The number of benzene rings is 1. The number of thiazole rings is 1. The van der Waals surface area contributed by atoms with Crippen molar-refractivity contribution in [1.82, 2.24) is 4.98 Å². The van der Waals surface area contributed by atoms with Crippen LogP contribution in [0.25, 0.3) is 10.2 Å². The van der Waals surface area contributed by atoms with Crippen molar-refractivity contribution < 1.29 is 4.79 Å². The summed E-state index contributed by atoms with van der Waals surface area (Å²) >= 11 is 1.64. The normalized spacial score (nSPS) is 10.5. The molecular weight excluding hydrogens is 182 g/mol. The highest BCUT2D eigenvalue weighted by Crippen LogP contribution is 2.21. The van der Waals surface area contributed by atoms with Crippen molar-refractivity contribution in [3.05, 3.63) is 29.3 Å². The zero-order chi connectivity index (χ0) is 9.10. The topological polar surface area (TPSA) is 30.0 Å². The molecule has 0 radical (unpaired) electrons. The highest BCUT2D eigenvalue weighted by Gasteiger charge is 2.01. The zero-order valence-corrected chi connectivity index (χ0v) is 7.88. The SMILES string of the molecule is O=CCCc1cccc2scnc12. The minimum atomic E-state index is 0.580. The smallest absolute Gasteiger partial charge is 0.120 e. The number of nitrogens with zero attached hydrogens (tertiary/aromatic N) is 1. The predicted molar refractivity (Wildman–Crippen MR) is 54.0 cm³/mol. The highest BCUT2D eigenvalue weighted by atomic mass is 32.1. The van der Waals surface area contributed by atoms with Gasteiger partial charge in [0.25, 0.3) is 0 Å². The quantitative estimate of drug-likeness (QED) is 0.697. The molecule has 0 fully saturated rings. The molecule has 0 atom stereocenters. The molecule has 1 aromatic carbocycles. The summed E-state index contributed by atoms with van der Waals surface area (Å²) in [7, 11) is 0. The third-order valence-corrected chi connectivity index (χ3v) is 2.77. The van der Waals surface area contributed by atoms with Crippen LogP contribution in [-0.4, -0.2) is 11.3 Å². The summed E-state index contributed by atoms with van der Waals surface area (Å²) in [5, 5.41) is 0. The minimum absolute atomic E-state index is 0.580. The summed E-state index contributed by atoms with van der Waals surface area (Å²) < 4.78 is 1.20. The van der Waals surface area contributed by atoms with Gasteiger partial charge < -0.3 is 4.79 Å². The lowest BCUT2D eigenvalue weighted by Crippen LogP contribution is -1.87. The number of carbonyl (C=O) groups is 1. The van der Waals surface area contributed by atoms with Gasteiger partial charge in [-0.05, 0) is 18.1 Å². The molecule has 2 aromatic rings. The van der Waals surface area contributed by atoms with E-state index >= 15 is 0 Å². The number of para-hydroxylation sites is 1. The average molecular weight is 191 g/mol. The maximum absolute atomic E-state index is 10.2. The van der Waals surface area contributed by atoms with E-state index in [1.54, 1.807) is 11.3 Å². The van der Waals surface area contributed by atoms with Crippen LogP contribution in [0.4, 0.5) is 0 Å². The van der Waals surface area contributed by atoms with E-state index in [0.29, 0.717) is 6.42 Å². The fourth-order valence-corrected chi connectivity index (χ4v) is 2.09. The number of hydrogen-bond acceptors (Lipinski definition) is 3. The van der Waals surface area contributed by atoms with Crippen LogP contribution in [0.2, 0.25) is 0 Å². The number of hydrogen-bond donors (Lipinski definition) is 0. The van der Waals surface area contributed by atoms with E-state index in [4.69, 9.17) is 0 Å². The van der Waals surface area contributed by atoms with Gasteiger partial charge in [0.2, 0.25) is 0 Å². The number of carbonyl (C=O) groups excluding carboxylic acids is 1. The van der Waals surface area contributed by atoms with Gasteiger partial charge in [-0.2, -0.15) is 0 Å². The van der Waals surface area contributed by atoms with Crippen molar-refractivity contribution in [3.8, 4) is 0 Å². The van der Waals surface area contributed by atoms with Crippen molar-refractivity contribution in [2.45, 2.75) is 12.8 Å². The second kappa shape index (κ2) is 3.66. The maximum atomic E-state index is 10.2. The molecule has 0 aliphatic carbocycles. The second-order valence-corrected chi connectivity index (χ2v) is 3.71. The number of aryl methyl sites for hydroxylation is 1. The summed E-state index contributed by atoms with van der Waals surface area (Å²) in [4.78, 5) is 14.5. The van der Waals surface area contributed by atoms with Gasteiger partial charge >= 0.3 is 0 Å². The van der Waals surface area contributed by atoms with Crippen LogP contribution in [0, 0.1) is 0 Å². The van der Waals surface area contributed by atoms with Gasteiger partial charge in [-0.15, -0.1) is 11.3 Å². The summed E-state index contributed by atoms with van der Waals surface area (Å²) in [5.41, 5.74) is 4.06. The second-order valence-electron chi connectivity index (χ2n) is 2.82. The van der Waals surface area contributed by atoms with Gasteiger partial charge in [0.15, 0.2) is 0 Å². The molecule has 3 heteroatoms. The van der Waals surface area contributed by atoms with Crippen molar-refractivity contribution >= 4 is 27.8 Å². The average Bonchev–Trinajstić information content (AvgIpc) is 2.62. The Kier molecular flexibility index (Phi) is 2.36. The summed E-state index contributed by atoms with van der Waals surface area (Å²) in [5.74, 6) is 0. The molecule has 2 nitrogen and oxygen atoms in total. The molecule has 0 aliphatic rings. The highest BCUT2D eigenvalue weighted by molar-refractivity contribution is 7.16. The van der Waals surface area contributed by atoms with E-state index in [0.717, 1.165) is 18.2 Å². The van der Waals surface area contributed by atoms with Crippen LogP contribution < -0.4 is 0 Å². The molecule has 0 unspecified atom stereocenters. The molecule has 13 heavy (non-hydrogen) atoms. The van der Waals surface area contributed by atoms with Crippen LogP contribution in [0.15, 0.2) is 23.7 Å². The molecule has 1 aromatic heterocycles. The first kappa shape index (κ1) is 8.38. The van der Waals surface area contributed by atoms with E-state index in [9.17, 15) is 4.79 Å². The van der Waals surface area contributed by atoms with Crippen molar-refractivity contribution in [3.63, 3.8) is 0 Å². The van der Waals surface area contributed by atoms with Crippen molar-refractivity contribution in [1.29, 1.82) is 0 Å². The van der Waals surface area contributed by atoms with E-state index in [-0.39, 0.29) is 0 Å². The molecular formula is C10H9NOS. The van der Waals surface area contributed by atoms with Crippen LogP contribution in [0.5, 0.6) is 0 Å². The number of rotatable bonds is 3. The molecule has 0 spiro atoms. The monoisotopic (exact) mass is 191 g/mol. The van der Waals surface area contributed by atoms with Gasteiger partial charge in [0, 0.05) is 6.42 Å². The third-order valence-electron chi connectivity index (χ3n) is 1.98. The minimum Gasteiger partial charge on any atom is -0.303 e. The predicted octanol–water partition coefficient (Wildman–Crippen LogP) is 2.43. The van der Waals surface area contributed by atoms with Crippen LogP contribution >= 0.6 is 11.3 Å². The van der Waals surface area contributed by atoms with E-state index in [2.05, 4.69) is 11.1 Å². The Hall–Kier alpha value is -1.22. The first-order chi connectivity index (χ1) is 6.42. The largest absolute Gasteiger partial charge is 0.303 e. The lowest BCUT2D eigenvalue weighted by atomic mass is 10.1. The molecule has 2 rings (SSSR count). The van der Waals surface area contributed by atoms with Crippen molar-refractivity contribution in [2.75, 3.05) is 0 Å². The molecule has 0 aliphatic heterocycles. The third kappa shape index (κ3) is 1.60. The standard InChI is InChI=1S/C10H9NOS/c12-6-2-4-8-3-1-5-9-10(8)11-7-13-9/h1,3,5-7H,2,4H2. The number of aromatic nitrogens is 1. The number of aldehydes is 1. The van der Waals surface area contributed by atoms with E-state index in [1.807, 2.05) is 17.6 Å². The lowest BCUT2D eigenvalue weighted by Gasteiger charge is -1.97. The molecule has 0 saturated heterocycles. The lowest BCUT2D eigenvalue weighted by molar-refractivity contribution is -0.107. The summed E-state index contributed by atoms with van der Waals surface area (Å²) in [6, 6.07) is 6.10. The molecule has 0 bridgehead atoms. The molecule has 0 saturated carbocycles. The van der Waals surface area contributed by atoms with Gasteiger partial charge in [-0.25, -0.2) is 4.98 Å². The Morgan fingerprint density at radius 1 is 1.46 bits per heavy atom.